The second kappa shape index (κ2) is 12.0. The number of nitrogens with two attached hydrogens (primary N) is 1. The van der Waals surface area contributed by atoms with Crippen LogP contribution in [0.2, 0.25) is 0 Å². The number of piperidine rings is 1. The van der Waals surface area contributed by atoms with Crippen molar-refractivity contribution in [3.63, 3.8) is 0 Å². The summed E-state index contributed by atoms with van der Waals surface area (Å²) in [5.41, 5.74) is 5.09. The van der Waals surface area contributed by atoms with Crippen LogP contribution in [0.5, 0.6) is 0 Å². The molecule has 6 N–H and O–H groups in total. The summed E-state index contributed by atoms with van der Waals surface area (Å²) in [5.74, 6) is -1.49. The van der Waals surface area contributed by atoms with Crippen molar-refractivity contribution in [3.8, 4) is 0 Å². The second-order valence-corrected chi connectivity index (χ2v) is 9.43. The van der Waals surface area contributed by atoms with Gasteiger partial charge in [0.05, 0.1) is 16.8 Å². The van der Waals surface area contributed by atoms with Crippen LogP contribution in [0.25, 0.3) is 0 Å². The van der Waals surface area contributed by atoms with E-state index in [1.165, 1.54) is 19.2 Å². The fraction of sp³-hybridized carbons (Fsp3) is 0.462. The van der Waals surface area contributed by atoms with Gasteiger partial charge in [0.15, 0.2) is 5.78 Å². The van der Waals surface area contributed by atoms with Gasteiger partial charge in [-0.2, -0.15) is 0 Å². The van der Waals surface area contributed by atoms with Crippen LogP contribution in [-0.4, -0.2) is 67.2 Å². The third kappa shape index (κ3) is 6.73. The molecule has 0 radical (unpaired) electrons. The number of Topliss-reactive ketones (excluding diaryl/α,β-unsaturated/α-hetero) is 1. The zero-order valence-electron chi connectivity index (χ0n) is 21.2. The van der Waals surface area contributed by atoms with Gasteiger partial charge in [-0.15, -0.1) is 0 Å². The number of nitrogens with one attached hydrogen (secondary N) is 3. The first-order valence-corrected chi connectivity index (χ1v) is 12.3. The van der Waals surface area contributed by atoms with E-state index in [1.54, 1.807) is 19.2 Å². The van der Waals surface area contributed by atoms with Crippen molar-refractivity contribution in [1.29, 1.82) is 0 Å². The minimum Gasteiger partial charge on any atom is -0.404 e. The van der Waals surface area contributed by atoms with Crippen LogP contribution in [-0.2, 0) is 9.59 Å². The Labute approximate surface area is 215 Å². The van der Waals surface area contributed by atoms with Gasteiger partial charge in [0.2, 0.25) is 5.91 Å². The monoisotopic (exact) mass is 514 g/mol. The molecule has 1 saturated carbocycles. The Balaban J connectivity index is 1.53. The van der Waals surface area contributed by atoms with E-state index in [1.807, 2.05) is 4.90 Å². The lowest BCUT2D eigenvalue weighted by Gasteiger charge is -2.35. The number of benzene rings is 1. The van der Waals surface area contributed by atoms with Crippen molar-refractivity contribution in [2.75, 3.05) is 31.6 Å². The lowest BCUT2D eigenvalue weighted by atomic mass is 9.94. The van der Waals surface area contributed by atoms with Crippen molar-refractivity contribution < 1.29 is 23.9 Å². The number of halogens is 1. The van der Waals surface area contributed by atoms with Gasteiger partial charge in [-0.3, -0.25) is 14.4 Å². The molecule has 1 heterocycles. The second-order valence-electron chi connectivity index (χ2n) is 9.43. The number of anilines is 1. The molecule has 2 aliphatic rings. The first-order chi connectivity index (χ1) is 17.6. The maximum absolute atomic E-state index is 14.4. The zero-order chi connectivity index (χ0) is 27.2. The van der Waals surface area contributed by atoms with Crippen LogP contribution in [0, 0.1) is 11.7 Å². The number of hydrogen-bond acceptors (Lipinski definition) is 8. The molecule has 1 aliphatic carbocycles. The molecule has 10 nitrogen and oxygen atoms in total. The number of aliphatic imine (C=N–C) groups is 1. The highest BCUT2D eigenvalue weighted by Gasteiger charge is 2.51. The summed E-state index contributed by atoms with van der Waals surface area (Å²) in [6, 6.07) is 4.45. The van der Waals surface area contributed by atoms with Gasteiger partial charge in [-0.25, -0.2) is 9.38 Å². The van der Waals surface area contributed by atoms with Crippen molar-refractivity contribution in [1.82, 2.24) is 16.0 Å². The Bertz CT molecular complexity index is 1100. The molecule has 1 atom stereocenters. The highest BCUT2D eigenvalue weighted by atomic mass is 19.1. The van der Waals surface area contributed by atoms with Crippen LogP contribution in [0.4, 0.5) is 10.1 Å². The highest BCUT2D eigenvalue weighted by molar-refractivity contribution is 6.14. The third-order valence-electron chi connectivity index (χ3n) is 6.75. The molecule has 2 fully saturated rings. The molecule has 200 valence electrons. The Morgan fingerprint density at radius 3 is 2.57 bits per heavy atom. The molecule has 11 heteroatoms. The fourth-order valence-corrected chi connectivity index (χ4v) is 4.23. The zero-order valence-corrected chi connectivity index (χ0v) is 21.2. The molecule has 1 aromatic rings. The first-order valence-electron chi connectivity index (χ1n) is 12.3. The number of aliphatic hydroxyl groups excluding tert-OH is 1. The number of ketones is 1. The van der Waals surface area contributed by atoms with Crippen molar-refractivity contribution in [2.45, 2.75) is 44.2 Å². The third-order valence-corrected chi connectivity index (χ3v) is 6.75. The van der Waals surface area contributed by atoms with E-state index in [2.05, 4.69) is 27.5 Å². The summed E-state index contributed by atoms with van der Waals surface area (Å²) in [4.78, 5) is 43.8. The van der Waals surface area contributed by atoms with E-state index < -0.39 is 29.2 Å². The van der Waals surface area contributed by atoms with Crippen LogP contribution in [0.15, 0.2) is 47.4 Å². The Morgan fingerprint density at radius 1 is 1.32 bits per heavy atom. The van der Waals surface area contributed by atoms with Gasteiger partial charge < -0.3 is 31.7 Å². The van der Waals surface area contributed by atoms with Crippen LogP contribution in [0.1, 0.15) is 43.0 Å². The van der Waals surface area contributed by atoms with Crippen LogP contribution in [0.3, 0.4) is 0 Å². The van der Waals surface area contributed by atoms with Gasteiger partial charge in [-0.1, -0.05) is 12.6 Å². The van der Waals surface area contributed by atoms with E-state index in [0.29, 0.717) is 44.0 Å². The molecule has 1 aliphatic heterocycles. The number of carbonyl (C=O) groups is 3. The van der Waals surface area contributed by atoms with E-state index in [4.69, 9.17) is 5.73 Å². The van der Waals surface area contributed by atoms with Gasteiger partial charge in [0, 0.05) is 39.1 Å². The summed E-state index contributed by atoms with van der Waals surface area (Å²) in [5, 5.41) is 18.2. The highest BCUT2D eigenvalue weighted by Crippen LogP contribution is 2.36. The van der Waals surface area contributed by atoms with E-state index >= 15 is 0 Å². The number of hydrogen-bond donors (Lipinski definition) is 5. The standard InChI is InChI=1S/C26H35FN6O4/c1-16(34)23(35)22-20(27)5-4-6-21(22)33-11-7-18(8-12-33)14-31-25(37)26(9-10-26)32-24(36)19(13-28)15-30-17(2)29-3/h4-6,13,15-16,18,29,34H,2,7-12,14,28H2,1,3H3,(H,31,37)(H,32,36)/b19-13+,30-15-. The minimum atomic E-state index is -1.30. The molecule has 0 aromatic heterocycles. The molecule has 1 aromatic carbocycles. The van der Waals surface area contributed by atoms with Gasteiger partial charge in [-0.05, 0) is 50.7 Å². The molecule has 2 amide bonds. The predicted octanol–water partition coefficient (Wildman–Crippen LogP) is 0.975. The van der Waals surface area contributed by atoms with Crippen molar-refractivity contribution in [2.24, 2.45) is 16.6 Å². The fourth-order valence-electron chi connectivity index (χ4n) is 4.23. The lowest BCUT2D eigenvalue weighted by Crippen LogP contribution is -2.51. The van der Waals surface area contributed by atoms with Gasteiger partial charge in [0.25, 0.3) is 5.91 Å². The summed E-state index contributed by atoms with van der Waals surface area (Å²) >= 11 is 0. The smallest absolute Gasteiger partial charge is 0.255 e. The average molecular weight is 515 g/mol. The number of nitrogens with zero attached hydrogens (tertiary/aromatic N) is 2. The van der Waals surface area contributed by atoms with Crippen molar-refractivity contribution >= 4 is 29.5 Å². The Morgan fingerprint density at radius 2 is 2.00 bits per heavy atom. The number of amides is 2. The quantitative estimate of drug-likeness (QED) is 0.168. The largest absolute Gasteiger partial charge is 0.404 e. The molecule has 1 unspecified atom stereocenters. The molecule has 37 heavy (non-hydrogen) atoms. The first kappa shape index (κ1) is 27.9. The van der Waals surface area contributed by atoms with Gasteiger partial charge >= 0.3 is 0 Å². The topological polar surface area (TPSA) is 149 Å². The molecule has 0 bridgehead atoms. The molecular formula is C26H35FN6O4. The Kier molecular flexibility index (Phi) is 9.04. The summed E-state index contributed by atoms with van der Waals surface area (Å²) in [6.07, 6.45) is 3.63. The molecule has 0 spiro atoms. The molecular weight excluding hydrogens is 479 g/mol. The Hall–Kier alpha value is -3.73. The van der Waals surface area contributed by atoms with Gasteiger partial charge in [0.1, 0.15) is 23.3 Å². The van der Waals surface area contributed by atoms with Crippen LogP contribution >= 0.6 is 0 Å². The lowest BCUT2D eigenvalue weighted by molar-refractivity contribution is -0.128. The minimum absolute atomic E-state index is 0.0955. The van der Waals surface area contributed by atoms with Crippen molar-refractivity contribution in [3.05, 3.63) is 53.8 Å². The molecule has 3 rings (SSSR count). The normalized spacial score (nSPS) is 18.3. The number of aliphatic hydroxyl groups is 1. The predicted molar refractivity (Wildman–Crippen MR) is 139 cm³/mol. The average Bonchev–Trinajstić information content (AvgIpc) is 3.67. The van der Waals surface area contributed by atoms with E-state index in [0.717, 1.165) is 19.0 Å². The van der Waals surface area contributed by atoms with Crippen LogP contribution < -0.4 is 26.6 Å². The summed E-state index contributed by atoms with van der Waals surface area (Å²) in [6.45, 7) is 6.57. The molecule has 1 saturated heterocycles. The SMILES string of the molecule is C=C(/N=C\C(=C/N)C(=O)NC1(C(=O)NCC2CCN(c3cccc(F)c3C(=O)C(C)O)CC2)CC1)NC. The van der Waals surface area contributed by atoms with E-state index in [-0.39, 0.29) is 23.0 Å². The van der Waals surface area contributed by atoms with E-state index in [9.17, 15) is 23.9 Å². The number of carbonyl (C=O) groups excluding carboxylic acids is 3. The maximum atomic E-state index is 14.4. The number of rotatable bonds is 11. The summed E-state index contributed by atoms with van der Waals surface area (Å²) < 4.78 is 14.4. The maximum Gasteiger partial charge on any atom is 0.255 e. The summed E-state index contributed by atoms with van der Waals surface area (Å²) in [7, 11) is 1.65.